The van der Waals surface area contributed by atoms with Gasteiger partial charge >= 0.3 is 0 Å². The molecule has 0 fully saturated rings. The van der Waals surface area contributed by atoms with E-state index in [1.54, 1.807) is 5.51 Å². The number of hydrogen-bond donors (Lipinski definition) is 2. The second kappa shape index (κ2) is 3.98. The topological polar surface area (TPSA) is 89.1 Å². The molecular formula is C5H5N3O2S2. The third-order valence-corrected chi connectivity index (χ3v) is 2.57. The molecule has 7 heteroatoms. The van der Waals surface area contributed by atoms with Crippen LogP contribution in [0.4, 0.5) is 5.13 Å². The summed E-state index contributed by atoms with van der Waals surface area (Å²) in [5.41, 5.74) is 7.18. The van der Waals surface area contributed by atoms with Crippen molar-refractivity contribution in [2.75, 3.05) is 5.73 Å². The Morgan fingerprint density at radius 3 is 2.83 bits per heavy atom. The summed E-state index contributed by atoms with van der Waals surface area (Å²) in [7, 11) is 0. The van der Waals surface area contributed by atoms with Crippen LogP contribution in [0.2, 0.25) is 0 Å². The van der Waals surface area contributed by atoms with E-state index in [4.69, 9.17) is 15.6 Å². The lowest BCUT2D eigenvalue weighted by atomic mass is 10.9. The van der Waals surface area contributed by atoms with Crippen LogP contribution in [0.15, 0.2) is 5.51 Å². The lowest BCUT2D eigenvalue weighted by Crippen LogP contribution is -1.78. The molecule has 12 heavy (non-hydrogen) atoms. The zero-order valence-electron chi connectivity index (χ0n) is 5.80. The highest BCUT2D eigenvalue weighted by atomic mass is 32.1. The Morgan fingerprint density at radius 1 is 1.58 bits per heavy atom. The molecule has 0 spiro atoms. The van der Waals surface area contributed by atoms with Crippen molar-refractivity contribution < 1.29 is 9.90 Å². The van der Waals surface area contributed by atoms with E-state index in [2.05, 4.69) is 9.97 Å². The Hall–Kier alpha value is -1.21. The van der Waals surface area contributed by atoms with Crippen molar-refractivity contribution in [2.24, 2.45) is 0 Å². The highest BCUT2D eigenvalue weighted by Gasteiger charge is 2.00. The summed E-state index contributed by atoms with van der Waals surface area (Å²) >= 11 is 2.94. The van der Waals surface area contributed by atoms with Gasteiger partial charge in [0.15, 0.2) is 14.8 Å². The van der Waals surface area contributed by atoms with Gasteiger partial charge in [0.1, 0.15) is 0 Å². The van der Waals surface area contributed by atoms with E-state index in [0.717, 1.165) is 9.66 Å². The number of aromatic nitrogens is 2. The van der Waals surface area contributed by atoms with Gasteiger partial charge in [-0.25, -0.2) is 9.97 Å². The fraction of sp³-hybridized carbons (Fsp3) is 0. The molecule has 0 bridgehead atoms. The van der Waals surface area contributed by atoms with E-state index in [-0.39, 0.29) is 6.47 Å². The maximum atomic E-state index is 8.36. The van der Waals surface area contributed by atoms with Crippen molar-refractivity contribution in [2.45, 2.75) is 0 Å². The van der Waals surface area contributed by atoms with Gasteiger partial charge in [0.2, 0.25) is 0 Å². The average Bonchev–Trinajstić information content (AvgIpc) is 2.47. The largest absolute Gasteiger partial charge is 0.483 e. The van der Waals surface area contributed by atoms with Crippen LogP contribution >= 0.6 is 22.7 Å². The van der Waals surface area contributed by atoms with Crippen molar-refractivity contribution in [1.82, 2.24) is 9.97 Å². The van der Waals surface area contributed by atoms with E-state index in [1.165, 1.54) is 22.7 Å². The van der Waals surface area contributed by atoms with Gasteiger partial charge < -0.3 is 10.8 Å². The highest BCUT2D eigenvalue weighted by Crippen LogP contribution is 2.24. The van der Waals surface area contributed by atoms with Crippen LogP contribution in [0.3, 0.4) is 0 Å². The van der Waals surface area contributed by atoms with Crippen molar-refractivity contribution in [3.63, 3.8) is 0 Å². The normalized spacial score (nSPS) is 9.00. The molecule has 5 nitrogen and oxygen atoms in total. The Labute approximate surface area is 75.5 Å². The summed E-state index contributed by atoms with van der Waals surface area (Å²) < 4.78 is 0. The molecule has 2 aromatic rings. The summed E-state index contributed by atoms with van der Waals surface area (Å²) in [6.07, 6.45) is 0. The Morgan fingerprint density at radius 2 is 2.25 bits per heavy atom. The zero-order valence-corrected chi connectivity index (χ0v) is 7.43. The number of thiazole rings is 2. The Kier molecular flexibility index (Phi) is 2.94. The maximum Gasteiger partial charge on any atom is 0.290 e. The number of hydrogen-bond acceptors (Lipinski definition) is 6. The van der Waals surface area contributed by atoms with Crippen molar-refractivity contribution >= 4 is 43.9 Å². The number of nitrogen functional groups attached to an aromatic ring is 1. The van der Waals surface area contributed by atoms with E-state index in [0.29, 0.717) is 5.13 Å². The van der Waals surface area contributed by atoms with Crippen LogP contribution in [-0.4, -0.2) is 21.5 Å². The molecule has 2 aromatic heterocycles. The monoisotopic (exact) mass is 203 g/mol. The molecular weight excluding hydrogens is 198 g/mol. The quantitative estimate of drug-likeness (QED) is 0.624. The third kappa shape index (κ3) is 1.89. The molecule has 0 amide bonds. The molecule has 0 unspecified atom stereocenters. The minimum atomic E-state index is -0.250. The van der Waals surface area contributed by atoms with Gasteiger partial charge in [0, 0.05) is 0 Å². The number of rotatable bonds is 0. The molecule has 0 radical (unpaired) electrons. The lowest BCUT2D eigenvalue weighted by Gasteiger charge is -1.70. The third-order valence-electron chi connectivity index (χ3n) is 0.930. The summed E-state index contributed by atoms with van der Waals surface area (Å²) in [4.78, 5) is 18.3. The van der Waals surface area contributed by atoms with Crippen LogP contribution in [-0.2, 0) is 4.79 Å². The first kappa shape index (κ1) is 8.88. The van der Waals surface area contributed by atoms with E-state index >= 15 is 0 Å². The second-order valence-corrected chi connectivity index (χ2v) is 3.46. The van der Waals surface area contributed by atoms with E-state index in [9.17, 15) is 0 Å². The Balaban J connectivity index is 0.000000213. The fourth-order valence-corrected chi connectivity index (χ4v) is 2.13. The number of carbonyl (C=O) groups is 1. The molecule has 0 saturated carbocycles. The van der Waals surface area contributed by atoms with Gasteiger partial charge in [-0.2, -0.15) is 0 Å². The molecule has 0 aromatic carbocycles. The lowest BCUT2D eigenvalue weighted by molar-refractivity contribution is -0.122. The van der Waals surface area contributed by atoms with E-state index < -0.39 is 0 Å². The van der Waals surface area contributed by atoms with Crippen molar-refractivity contribution in [3.05, 3.63) is 5.51 Å². The van der Waals surface area contributed by atoms with Gasteiger partial charge in [-0.3, -0.25) is 4.79 Å². The minimum absolute atomic E-state index is 0.250. The first-order chi connectivity index (χ1) is 5.77. The van der Waals surface area contributed by atoms with Crippen molar-refractivity contribution in [1.29, 1.82) is 0 Å². The van der Waals surface area contributed by atoms with Crippen LogP contribution < -0.4 is 5.73 Å². The van der Waals surface area contributed by atoms with Crippen molar-refractivity contribution in [3.8, 4) is 0 Å². The molecule has 0 aliphatic carbocycles. The summed E-state index contributed by atoms with van der Waals surface area (Å²) in [5.74, 6) is 0. The number of nitrogens with zero attached hydrogens (tertiary/aromatic N) is 2. The second-order valence-electron chi connectivity index (χ2n) is 1.62. The van der Waals surface area contributed by atoms with Gasteiger partial charge in [0.05, 0.1) is 5.51 Å². The summed E-state index contributed by atoms with van der Waals surface area (Å²) in [6.45, 7) is -0.250. The van der Waals surface area contributed by atoms with Gasteiger partial charge in [0.25, 0.3) is 6.47 Å². The van der Waals surface area contributed by atoms with Crippen LogP contribution in [0.1, 0.15) is 0 Å². The molecule has 0 aliphatic rings. The number of carboxylic acid groups (broad SMARTS) is 1. The molecule has 0 aliphatic heterocycles. The molecule has 3 N–H and O–H groups in total. The maximum absolute atomic E-state index is 8.36. The van der Waals surface area contributed by atoms with Crippen LogP contribution in [0, 0.1) is 0 Å². The highest BCUT2D eigenvalue weighted by molar-refractivity contribution is 7.27. The van der Waals surface area contributed by atoms with Gasteiger partial charge in [-0.1, -0.05) is 11.3 Å². The number of anilines is 1. The number of nitrogens with two attached hydrogens (primary N) is 1. The first-order valence-corrected chi connectivity index (χ1v) is 4.51. The molecule has 2 rings (SSSR count). The van der Waals surface area contributed by atoms with Crippen LogP contribution in [0.25, 0.3) is 9.66 Å². The predicted molar refractivity (Wildman–Crippen MR) is 48.4 cm³/mol. The van der Waals surface area contributed by atoms with Gasteiger partial charge in [-0.05, 0) is 0 Å². The smallest absolute Gasteiger partial charge is 0.290 e. The zero-order chi connectivity index (χ0) is 8.97. The molecule has 0 saturated heterocycles. The minimum Gasteiger partial charge on any atom is -0.483 e. The molecule has 0 atom stereocenters. The van der Waals surface area contributed by atoms with Gasteiger partial charge in [-0.15, -0.1) is 11.3 Å². The average molecular weight is 203 g/mol. The summed E-state index contributed by atoms with van der Waals surface area (Å²) in [6, 6.07) is 0. The fourth-order valence-electron chi connectivity index (χ4n) is 0.596. The SMILES string of the molecule is Nc1nc2scnc2s1.O=CO. The number of fused-ring (bicyclic) bond motifs is 1. The Bertz CT molecular complexity index is 341. The summed E-state index contributed by atoms with van der Waals surface area (Å²) in [5, 5.41) is 7.49. The van der Waals surface area contributed by atoms with E-state index in [1.807, 2.05) is 0 Å². The molecule has 2 heterocycles. The van der Waals surface area contributed by atoms with Crippen LogP contribution in [0.5, 0.6) is 0 Å². The molecule has 64 valence electrons. The standard InChI is InChI=1S/C4H3N3S2.CH2O2/c5-4-7-3-2(9-4)6-1-8-3;2-1-3/h1H,(H2,5,7);1H,(H,2,3). The first-order valence-electron chi connectivity index (χ1n) is 2.81. The predicted octanol–water partition coefficient (Wildman–Crippen LogP) is 1.04.